The summed E-state index contributed by atoms with van der Waals surface area (Å²) in [6, 6.07) is 8.65. The molecule has 1 atom stereocenters. The summed E-state index contributed by atoms with van der Waals surface area (Å²) in [6.45, 7) is 3.50. The molecule has 2 fully saturated rings. The summed E-state index contributed by atoms with van der Waals surface area (Å²) in [4.78, 5) is 24.9. The highest BCUT2D eigenvalue weighted by Gasteiger charge is 2.32. The van der Waals surface area contributed by atoms with Crippen molar-refractivity contribution in [3.05, 3.63) is 53.1 Å². The van der Waals surface area contributed by atoms with Crippen LogP contribution in [-0.4, -0.2) is 40.5 Å². The van der Waals surface area contributed by atoms with E-state index in [9.17, 15) is 4.79 Å². The summed E-state index contributed by atoms with van der Waals surface area (Å²) in [6.07, 6.45) is 11.9. The molecule has 1 saturated carbocycles. The van der Waals surface area contributed by atoms with Gasteiger partial charge in [0.2, 0.25) is 0 Å². The minimum absolute atomic E-state index is 0.139. The van der Waals surface area contributed by atoms with Crippen molar-refractivity contribution in [3.8, 4) is 5.75 Å². The number of nitrogens with zero attached hydrogens (tertiary/aromatic N) is 3. The van der Waals surface area contributed by atoms with Gasteiger partial charge in [0.1, 0.15) is 11.6 Å². The van der Waals surface area contributed by atoms with Gasteiger partial charge in [0.25, 0.3) is 5.91 Å². The predicted molar refractivity (Wildman–Crippen MR) is 121 cm³/mol. The first-order chi connectivity index (χ1) is 15.2. The van der Waals surface area contributed by atoms with E-state index < -0.39 is 0 Å². The van der Waals surface area contributed by atoms with Gasteiger partial charge in [-0.1, -0.05) is 37.8 Å². The second kappa shape index (κ2) is 10.2. The number of carbonyl (C=O) groups is 1. The van der Waals surface area contributed by atoms with Crippen molar-refractivity contribution in [2.45, 2.75) is 76.9 Å². The third-order valence-corrected chi connectivity index (χ3v) is 6.72. The van der Waals surface area contributed by atoms with Crippen LogP contribution in [0.5, 0.6) is 5.75 Å². The van der Waals surface area contributed by atoms with Crippen LogP contribution in [-0.2, 0) is 6.54 Å². The lowest BCUT2D eigenvalue weighted by Gasteiger charge is -2.42. The van der Waals surface area contributed by atoms with Crippen molar-refractivity contribution < 1.29 is 9.53 Å². The lowest BCUT2D eigenvalue weighted by molar-refractivity contribution is 0.0674. The Hall–Kier alpha value is -2.47. The number of aryl methyl sites for hydroxylation is 1. The van der Waals surface area contributed by atoms with Crippen molar-refractivity contribution >= 4 is 5.91 Å². The molecule has 4 rings (SSSR count). The van der Waals surface area contributed by atoms with Crippen LogP contribution in [0.1, 0.15) is 84.8 Å². The Bertz CT molecular complexity index is 895. The summed E-state index contributed by atoms with van der Waals surface area (Å²) in [5.74, 6) is 1.53. The molecule has 6 heteroatoms. The SMILES string of the molecule is COc1cccc(CNC(=O)c2cnc([C@@H]3CCCCN3C3CCCCC3)nc2C)c1. The molecule has 1 aromatic heterocycles. The summed E-state index contributed by atoms with van der Waals surface area (Å²) < 4.78 is 5.25. The molecule has 1 aromatic carbocycles. The number of rotatable bonds is 6. The quantitative estimate of drug-likeness (QED) is 0.738. The fourth-order valence-electron chi connectivity index (χ4n) is 5.01. The number of nitrogens with one attached hydrogen (secondary N) is 1. The van der Waals surface area contributed by atoms with Gasteiger partial charge in [-0.2, -0.15) is 0 Å². The van der Waals surface area contributed by atoms with E-state index >= 15 is 0 Å². The molecule has 1 aliphatic carbocycles. The molecule has 0 bridgehead atoms. The number of hydrogen-bond acceptors (Lipinski definition) is 5. The number of benzene rings is 1. The first kappa shape index (κ1) is 21.8. The minimum atomic E-state index is -0.139. The second-order valence-corrected chi connectivity index (χ2v) is 8.80. The summed E-state index contributed by atoms with van der Waals surface area (Å²) >= 11 is 0. The van der Waals surface area contributed by atoms with E-state index in [0.29, 0.717) is 18.2 Å². The average molecular weight is 423 g/mol. The number of hydrogen-bond donors (Lipinski definition) is 1. The van der Waals surface area contributed by atoms with E-state index in [2.05, 4.69) is 15.2 Å². The van der Waals surface area contributed by atoms with Crippen molar-refractivity contribution in [2.24, 2.45) is 0 Å². The third kappa shape index (κ3) is 5.24. The summed E-state index contributed by atoms with van der Waals surface area (Å²) in [7, 11) is 1.64. The van der Waals surface area contributed by atoms with Crippen LogP contribution in [0.4, 0.5) is 0 Å². The van der Waals surface area contributed by atoms with E-state index in [4.69, 9.17) is 9.72 Å². The third-order valence-electron chi connectivity index (χ3n) is 6.72. The van der Waals surface area contributed by atoms with Crippen LogP contribution >= 0.6 is 0 Å². The van der Waals surface area contributed by atoms with Gasteiger partial charge in [-0.25, -0.2) is 9.97 Å². The number of likely N-dealkylation sites (tertiary alicyclic amines) is 1. The van der Waals surface area contributed by atoms with Gasteiger partial charge < -0.3 is 10.1 Å². The topological polar surface area (TPSA) is 67.3 Å². The van der Waals surface area contributed by atoms with E-state index in [1.165, 1.54) is 44.9 Å². The first-order valence-electron chi connectivity index (χ1n) is 11.7. The number of carbonyl (C=O) groups excluding carboxylic acids is 1. The van der Waals surface area contributed by atoms with E-state index in [-0.39, 0.29) is 11.9 Å². The van der Waals surface area contributed by atoms with Gasteiger partial charge in [0.15, 0.2) is 0 Å². The van der Waals surface area contributed by atoms with Crippen LogP contribution in [0.2, 0.25) is 0 Å². The lowest BCUT2D eigenvalue weighted by Crippen LogP contribution is -2.43. The predicted octanol–water partition coefficient (Wildman–Crippen LogP) is 4.58. The Morgan fingerprint density at radius 2 is 1.97 bits per heavy atom. The van der Waals surface area contributed by atoms with Crippen molar-refractivity contribution in [1.82, 2.24) is 20.2 Å². The second-order valence-electron chi connectivity index (χ2n) is 8.80. The van der Waals surface area contributed by atoms with E-state index in [1.807, 2.05) is 31.2 Å². The zero-order valence-electron chi connectivity index (χ0n) is 18.8. The molecule has 31 heavy (non-hydrogen) atoms. The lowest BCUT2D eigenvalue weighted by atomic mass is 9.90. The molecule has 2 aromatic rings. The van der Waals surface area contributed by atoms with Crippen LogP contribution in [0, 0.1) is 6.92 Å². The maximum absolute atomic E-state index is 12.8. The van der Waals surface area contributed by atoms with Gasteiger partial charge in [-0.15, -0.1) is 0 Å². The van der Waals surface area contributed by atoms with Crippen LogP contribution in [0.15, 0.2) is 30.5 Å². The number of piperidine rings is 1. The van der Waals surface area contributed by atoms with Gasteiger partial charge in [-0.3, -0.25) is 9.69 Å². The molecule has 1 N–H and O–H groups in total. The molecule has 2 heterocycles. The fourth-order valence-corrected chi connectivity index (χ4v) is 5.01. The molecular weight excluding hydrogens is 388 g/mol. The monoisotopic (exact) mass is 422 g/mol. The summed E-state index contributed by atoms with van der Waals surface area (Å²) in [5, 5.41) is 2.98. The van der Waals surface area contributed by atoms with Crippen LogP contribution < -0.4 is 10.1 Å². The van der Waals surface area contributed by atoms with Crippen molar-refractivity contribution in [3.63, 3.8) is 0 Å². The summed E-state index contributed by atoms with van der Waals surface area (Å²) in [5.41, 5.74) is 2.29. The minimum Gasteiger partial charge on any atom is -0.497 e. The normalized spacial score (nSPS) is 20.4. The Labute approximate surface area is 185 Å². The van der Waals surface area contributed by atoms with Crippen molar-refractivity contribution in [1.29, 1.82) is 0 Å². The Morgan fingerprint density at radius 3 is 2.74 bits per heavy atom. The maximum Gasteiger partial charge on any atom is 0.254 e. The standard InChI is InChI=1S/C25H34N4O2/c1-18-22(25(30)27-16-19-9-8-12-21(15-19)31-2)17-26-24(28-18)23-13-6-7-14-29(23)20-10-4-3-5-11-20/h8-9,12,15,17,20,23H,3-7,10-11,13-14,16H2,1-2H3,(H,27,30)/t23-/m0/s1. The van der Waals surface area contributed by atoms with E-state index in [0.717, 1.165) is 35.8 Å². The highest BCUT2D eigenvalue weighted by molar-refractivity contribution is 5.94. The highest BCUT2D eigenvalue weighted by Crippen LogP contribution is 2.35. The molecule has 6 nitrogen and oxygen atoms in total. The largest absolute Gasteiger partial charge is 0.497 e. The van der Waals surface area contributed by atoms with Gasteiger partial charge >= 0.3 is 0 Å². The van der Waals surface area contributed by atoms with Gasteiger partial charge in [0.05, 0.1) is 24.4 Å². The van der Waals surface area contributed by atoms with Gasteiger partial charge in [-0.05, 0) is 56.8 Å². The first-order valence-corrected chi connectivity index (χ1v) is 11.7. The molecule has 1 amide bonds. The van der Waals surface area contributed by atoms with Crippen molar-refractivity contribution in [2.75, 3.05) is 13.7 Å². The number of methoxy groups -OCH3 is 1. The molecule has 166 valence electrons. The Kier molecular flexibility index (Phi) is 7.17. The Balaban J connectivity index is 1.44. The molecule has 0 unspecified atom stereocenters. The Morgan fingerprint density at radius 1 is 1.16 bits per heavy atom. The molecule has 1 aliphatic heterocycles. The molecule has 0 radical (unpaired) electrons. The molecule has 2 aliphatic rings. The smallest absolute Gasteiger partial charge is 0.254 e. The fraction of sp³-hybridized carbons (Fsp3) is 0.560. The molecule has 1 saturated heterocycles. The van der Waals surface area contributed by atoms with Gasteiger partial charge in [0, 0.05) is 18.8 Å². The van der Waals surface area contributed by atoms with Crippen LogP contribution in [0.3, 0.4) is 0 Å². The van der Waals surface area contributed by atoms with E-state index in [1.54, 1.807) is 13.3 Å². The highest BCUT2D eigenvalue weighted by atomic mass is 16.5. The number of aromatic nitrogens is 2. The molecule has 0 spiro atoms. The number of ether oxygens (including phenoxy) is 1. The zero-order valence-corrected chi connectivity index (χ0v) is 18.8. The zero-order chi connectivity index (χ0) is 21.6. The van der Waals surface area contributed by atoms with Crippen LogP contribution in [0.25, 0.3) is 0 Å². The molecular formula is C25H34N4O2. The average Bonchev–Trinajstić information content (AvgIpc) is 2.83. The number of amides is 1. The maximum atomic E-state index is 12.8.